The van der Waals surface area contributed by atoms with E-state index < -0.39 is 24.0 Å². The van der Waals surface area contributed by atoms with Crippen LogP contribution in [0.25, 0.3) is 0 Å². The van der Waals surface area contributed by atoms with Gasteiger partial charge in [0.1, 0.15) is 17.9 Å². The first-order valence-corrected chi connectivity index (χ1v) is 13.5. The number of nitrogens with zero attached hydrogens (tertiary/aromatic N) is 2. The molecule has 8 nitrogen and oxygen atoms in total. The molecule has 3 N–H and O–H groups in total. The molecule has 0 radical (unpaired) electrons. The number of ketones is 1. The van der Waals surface area contributed by atoms with Crippen molar-refractivity contribution >= 4 is 23.6 Å². The number of carbonyl (C=O) groups is 4. The molecule has 202 valence electrons. The van der Waals surface area contributed by atoms with Gasteiger partial charge in [-0.3, -0.25) is 14.4 Å². The van der Waals surface area contributed by atoms with Crippen LogP contribution in [0.5, 0.6) is 0 Å². The summed E-state index contributed by atoms with van der Waals surface area (Å²) in [5.74, 6) is -2.21. The highest BCUT2D eigenvalue weighted by Gasteiger charge is 2.43. The van der Waals surface area contributed by atoms with Gasteiger partial charge in [0, 0.05) is 37.9 Å². The number of hydrogen-bond acceptors (Lipinski definition) is 5. The predicted octanol–water partition coefficient (Wildman–Crippen LogP) is 2.83. The van der Waals surface area contributed by atoms with Crippen LogP contribution < -0.4 is 5.73 Å². The van der Waals surface area contributed by atoms with Gasteiger partial charge in [0.15, 0.2) is 0 Å². The lowest BCUT2D eigenvalue weighted by atomic mass is 9.90. The molecule has 0 saturated carbocycles. The molecule has 2 aliphatic rings. The summed E-state index contributed by atoms with van der Waals surface area (Å²) in [4.78, 5) is 55.0. The van der Waals surface area contributed by atoms with E-state index in [1.54, 1.807) is 4.90 Å². The number of benzene rings is 2. The summed E-state index contributed by atoms with van der Waals surface area (Å²) in [6.07, 6.45) is 3.42. The van der Waals surface area contributed by atoms with E-state index in [1.807, 2.05) is 60.7 Å². The third-order valence-electron chi connectivity index (χ3n) is 7.62. The Balaban J connectivity index is 1.46. The fourth-order valence-electron chi connectivity index (χ4n) is 5.79. The number of nitrogens with two attached hydrogens (primary N) is 1. The summed E-state index contributed by atoms with van der Waals surface area (Å²) >= 11 is 0. The minimum absolute atomic E-state index is 0.0507. The zero-order chi connectivity index (χ0) is 27.1. The Morgan fingerprint density at radius 3 is 1.95 bits per heavy atom. The number of aliphatic carboxylic acids is 1. The van der Waals surface area contributed by atoms with Gasteiger partial charge in [-0.25, -0.2) is 4.79 Å². The Morgan fingerprint density at radius 2 is 1.34 bits per heavy atom. The molecule has 0 unspecified atom stereocenters. The average molecular weight is 520 g/mol. The summed E-state index contributed by atoms with van der Waals surface area (Å²) in [5.41, 5.74) is 8.29. The molecule has 0 aromatic heterocycles. The molecule has 2 heterocycles. The fraction of sp³-hybridized carbons (Fsp3) is 0.467. The number of carboxylic acid groups (broad SMARTS) is 1. The van der Waals surface area contributed by atoms with Crippen molar-refractivity contribution in [2.75, 3.05) is 13.1 Å². The molecule has 8 heteroatoms. The third kappa shape index (κ3) is 6.86. The van der Waals surface area contributed by atoms with E-state index in [2.05, 4.69) is 0 Å². The average Bonchev–Trinajstić information content (AvgIpc) is 3.59. The molecular weight excluding hydrogens is 482 g/mol. The van der Waals surface area contributed by atoms with Crippen LogP contribution in [0, 0.1) is 5.92 Å². The Hall–Kier alpha value is -3.52. The molecular formula is C30H37N3O5. The Morgan fingerprint density at radius 1 is 0.789 bits per heavy atom. The van der Waals surface area contributed by atoms with Crippen LogP contribution in [0.15, 0.2) is 60.7 Å². The van der Waals surface area contributed by atoms with E-state index in [4.69, 9.17) is 5.73 Å². The van der Waals surface area contributed by atoms with Gasteiger partial charge >= 0.3 is 5.97 Å². The quantitative estimate of drug-likeness (QED) is 0.471. The molecule has 2 saturated heterocycles. The smallest absolute Gasteiger partial charge is 0.326 e. The molecule has 0 aliphatic carbocycles. The van der Waals surface area contributed by atoms with Crippen molar-refractivity contribution in [3.8, 4) is 0 Å². The lowest BCUT2D eigenvalue weighted by Gasteiger charge is -2.32. The van der Waals surface area contributed by atoms with Gasteiger partial charge in [0.25, 0.3) is 0 Å². The van der Waals surface area contributed by atoms with Gasteiger partial charge in [0.05, 0.1) is 0 Å². The number of carboxylic acids is 1. The van der Waals surface area contributed by atoms with Gasteiger partial charge < -0.3 is 20.6 Å². The molecule has 0 spiro atoms. The van der Waals surface area contributed by atoms with Crippen molar-refractivity contribution in [2.24, 2.45) is 11.7 Å². The number of likely N-dealkylation sites (tertiary alicyclic amines) is 2. The van der Waals surface area contributed by atoms with Gasteiger partial charge in [-0.15, -0.1) is 0 Å². The number of Topliss-reactive ketones (excluding diaryl/α,β-unsaturated/α-hetero) is 1. The first-order chi connectivity index (χ1) is 18.3. The van der Waals surface area contributed by atoms with Crippen molar-refractivity contribution in [1.29, 1.82) is 0 Å². The second kappa shape index (κ2) is 12.8. The van der Waals surface area contributed by atoms with Crippen LogP contribution >= 0.6 is 0 Å². The minimum Gasteiger partial charge on any atom is -0.480 e. The Labute approximate surface area is 223 Å². The molecule has 2 aromatic carbocycles. The van der Waals surface area contributed by atoms with Crippen molar-refractivity contribution in [1.82, 2.24) is 9.80 Å². The van der Waals surface area contributed by atoms with E-state index in [0.29, 0.717) is 51.6 Å². The van der Waals surface area contributed by atoms with Gasteiger partial charge in [-0.05, 0) is 49.7 Å². The van der Waals surface area contributed by atoms with Crippen LogP contribution in [0.2, 0.25) is 0 Å². The summed E-state index contributed by atoms with van der Waals surface area (Å²) in [5, 5.41) is 9.54. The second-order valence-electron chi connectivity index (χ2n) is 10.5. The van der Waals surface area contributed by atoms with Gasteiger partial charge in [0.2, 0.25) is 11.8 Å². The predicted molar refractivity (Wildman–Crippen MR) is 143 cm³/mol. The van der Waals surface area contributed by atoms with Crippen LogP contribution in [0.4, 0.5) is 0 Å². The summed E-state index contributed by atoms with van der Waals surface area (Å²) in [6, 6.07) is 17.5. The molecule has 0 bridgehead atoms. The maximum Gasteiger partial charge on any atom is 0.326 e. The molecule has 38 heavy (non-hydrogen) atoms. The van der Waals surface area contributed by atoms with E-state index in [0.717, 1.165) is 11.1 Å². The van der Waals surface area contributed by atoms with E-state index >= 15 is 0 Å². The van der Waals surface area contributed by atoms with Crippen molar-refractivity contribution in [3.63, 3.8) is 0 Å². The highest BCUT2D eigenvalue weighted by molar-refractivity contribution is 5.93. The van der Waals surface area contributed by atoms with Gasteiger partial charge in [-0.2, -0.15) is 0 Å². The first kappa shape index (κ1) is 27.5. The van der Waals surface area contributed by atoms with Crippen LogP contribution in [0.1, 0.15) is 49.7 Å². The zero-order valence-electron chi connectivity index (χ0n) is 21.7. The summed E-state index contributed by atoms with van der Waals surface area (Å²) in [6.45, 7) is 0.813. The van der Waals surface area contributed by atoms with Crippen molar-refractivity contribution in [3.05, 3.63) is 71.8 Å². The number of hydrogen-bond donors (Lipinski definition) is 2. The normalized spacial score (nSPS) is 20.8. The fourth-order valence-corrected chi connectivity index (χ4v) is 5.79. The number of rotatable bonds is 11. The molecule has 2 amide bonds. The monoisotopic (exact) mass is 519 g/mol. The zero-order valence-corrected chi connectivity index (χ0v) is 21.7. The largest absolute Gasteiger partial charge is 0.480 e. The van der Waals surface area contributed by atoms with Crippen molar-refractivity contribution < 1.29 is 24.3 Å². The SMILES string of the molecule is N[C@H](CC(=O)C[C@H](Cc1ccccc1)C(=O)N1CCC[C@H]1C(=O)N1CCC[C@H]1C(=O)O)Cc1ccccc1. The molecule has 2 aromatic rings. The Kier molecular flexibility index (Phi) is 9.29. The number of carbonyl (C=O) groups excluding carboxylic acids is 3. The first-order valence-electron chi connectivity index (χ1n) is 13.5. The molecule has 4 atom stereocenters. The third-order valence-corrected chi connectivity index (χ3v) is 7.62. The highest BCUT2D eigenvalue weighted by Crippen LogP contribution is 2.28. The van der Waals surface area contributed by atoms with Crippen LogP contribution in [-0.2, 0) is 32.0 Å². The molecule has 2 aliphatic heterocycles. The van der Waals surface area contributed by atoms with E-state index in [-0.39, 0.29) is 36.5 Å². The van der Waals surface area contributed by atoms with Crippen molar-refractivity contribution in [2.45, 2.75) is 69.5 Å². The summed E-state index contributed by atoms with van der Waals surface area (Å²) < 4.78 is 0. The van der Waals surface area contributed by atoms with Crippen LogP contribution in [-0.4, -0.2) is 69.7 Å². The number of amides is 2. The highest BCUT2D eigenvalue weighted by atomic mass is 16.4. The maximum absolute atomic E-state index is 13.9. The van der Waals surface area contributed by atoms with Crippen LogP contribution in [0.3, 0.4) is 0 Å². The lowest BCUT2D eigenvalue weighted by molar-refractivity contribution is -0.152. The standard InChI is InChI=1S/C30H37N3O5/c31-24(18-22-11-5-2-6-12-22)20-25(34)19-23(17-21-9-3-1-4-10-21)28(35)32-15-7-13-26(32)29(36)33-16-8-14-27(33)30(37)38/h1-6,9-12,23-24,26-27H,7-8,13-20,31H2,(H,37,38)/t23-,24-,26-,27-/m0/s1. The molecule has 2 fully saturated rings. The maximum atomic E-state index is 13.9. The van der Waals surface area contributed by atoms with Gasteiger partial charge in [-0.1, -0.05) is 60.7 Å². The topological polar surface area (TPSA) is 121 Å². The summed E-state index contributed by atoms with van der Waals surface area (Å²) in [7, 11) is 0. The lowest BCUT2D eigenvalue weighted by Crippen LogP contribution is -2.52. The molecule has 4 rings (SSSR count). The van der Waals surface area contributed by atoms with E-state index in [9.17, 15) is 24.3 Å². The van der Waals surface area contributed by atoms with E-state index in [1.165, 1.54) is 4.90 Å². The Bertz CT molecular complexity index is 1120. The second-order valence-corrected chi connectivity index (χ2v) is 10.5. The minimum atomic E-state index is -1.01.